The summed E-state index contributed by atoms with van der Waals surface area (Å²) in [4.78, 5) is 6.32. The molecule has 1 N–H and O–H groups in total. The van der Waals surface area contributed by atoms with Gasteiger partial charge in [-0.1, -0.05) is 47.5 Å². The lowest BCUT2D eigenvalue weighted by Gasteiger charge is -2.26. The van der Waals surface area contributed by atoms with Gasteiger partial charge < -0.3 is 15.0 Å². The van der Waals surface area contributed by atoms with Crippen LogP contribution in [-0.4, -0.2) is 22.1 Å². The average molecular weight is 412 g/mol. The van der Waals surface area contributed by atoms with Gasteiger partial charge in [-0.25, -0.2) is 0 Å². The number of rotatable bonds is 6. The first-order chi connectivity index (χ1) is 13.5. The van der Waals surface area contributed by atoms with Gasteiger partial charge >= 0.3 is 0 Å². The molecule has 0 fully saturated rings. The van der Waals surface area contributed by atoms with Crippen LogP contribution in [0.5, 0.6) is 5.75 Å². The van der Waals surface area contributed by atoms with Crippen LogP contribution in [0.15, 0.2) is 67.0 Å². The molecule has 0 unspecified atom stereocenters. The van der Waals surface area contributed by atoms with Crippen LogP contribution in [0, 0.1) is 6.92 Å². The zero-order chi connectivity index (χ0) is 19.9. The number of aryl methyl sites for hydroxylation is 1. The predicted octanol–water partition coefficient (Wildman–Crippen LogP) is 5.45. The second-order valence-electron chi connectivity index (χ2n) is 6.48. The highest BCUT2D eigenvalue weighted by atomic mass is 35.5. The standard InChI is InChI=1S/C22H22ClN3OS/c1-16-5-7-17(8-6-16)14-26(15-18-4-3-11-24-13-18)22(28)25-19-9-10-21(27-2)20(23)12-19/h3-13H,14-15H2,1-2H3,(H,25,28). The number of nitrogens with one attached hydrogen (secondary N) is 1. The maximum Gasteiger partial charge on any atom is 0.174 e. The molecule has 0 aliphatic rings. The fourth-order valence-corrected chi connectivity index (χ4v) is 3.28. The van der Waals surface area contributed by atoms with Crippen molar-refractivity contribution in [2.45, 2.75) is 20.0 Å². The maximum atomic E-state index is 6.24. The molecular formula is C22H22ClN3OS. The number of pyridine rings is 1. The minimum atomic E-state index is 0.535. The fraction of sp³-hybridized carbons (Fsp3) is 0.182. The molecule has 3 aromatic rings. The van der Waals surface area contributed by atoms with Gasteiger partial charge in [0.1, 0.15) is 5.75 Å². The van der Waals surface area contributed by atoms with E-state index in [4.69, 9.17) is 28.6 Å². The molecule has 3 rings (SSSR count). The van der Waals surface area contributed by atoms with E-state index >= 15 is 0 Å². The van der Waals surface area contributed by atoms with E-state index in [1.54, 1.807) is 19.4 Å². The Morgan fingerprint density at radius 3 is 2.50 bits per heavy atom. The number of hydrogen-bond acceptors (Lipinski definition) is 3. The van der Waals surface area contributed by atoms with Crippen LogP contribution < -0.4 is 10.1 Å². The van der Waals surface area contributed by atoms with Gasteiger partial charge in [0.15, 0.2) is 5.11 Å². The molecule has 0 atom stereocenters. The Hall–Kier alpha value is -2.63. The largest absolute Gasteiger partial charge is 0.495 e. The van der Waals surface area contributed by atoms with Crippen LogP contribution in [0.3, 0.4) is 0 Å². The SMILES string of the molecule is COc1ccc(NC(=S)N(Cc2ccc(C)cc2)Cc2cccnc2)cc1Cl. The molecule has 2 aromatic carbocycles. The zero-order valence-corrected chi connectivity index (χ0v) is 17.4. The highest BCUT2D eigenvalue weighted by Gasteiger charge is 2.13. The molecule has 0 radical (unpaired) electrons. The number of thiocarbonyl (C=S) groups is 1. The molecule has 0 bridgehead atoms. The van der Waals surface area contributed by atoms with Crippen molar-refractivity contribution in [3.8, 4) is 5.75 Å². The number of hydrogen-bond donors (Lipinski definition) is 1. The van der Waals surface area contributed by atoms with Crippen LogP contribution in [0.4, 0.5) is 5.69 Å². The van der Waals surface area contributed by atoms with Gasteiger partial charge in [-0.05, 0) is 54.5 Å². The molecule has 0 amide bonds. The summed E-state index contributed by atoms with van der Waals surface area (Å²) in [5, 5.41) is 4.43. The van der Waals surface area contributed by atoms with Gasteiger partial charge in [0.2, 0.25) is 0 Å². The van der Waals surface area contributed by atoms with Gasteiger partial charge in [-0.2, -0.15) is 0 Å². The van der Waals surface area contributed by atoms with Crippen molar-refractivity contribution in [2.75, 3.05) is 12.4 Å². The summed E-state index contributed by atoms with van der Waals surface area (Å²) in [5.41, 5.74) is 4.32. The Labute approximate surface area is 176 Å². The molecule has 6 heteroatoms. The van der Waals surface area contributed by atoms with Crippen LogP contribution in [0.2, 0.25) is 5.02 Å². The first kappa shape index (κ1) is 20.1. The van der Waals surface area contributed by atoms with Gasteiger partial charge in [0, 0.05) is 31.2 Å². The molecule has 4 nitrogen and oxygen atoms in total. The second-order valence-corrected chi connectivity index (χ2v) is 7.28. The van der Waals surface area contributed by atoms with E-state index in [1.807, 2.05) is 30.5 Å². The summed E-state index contributed by atoms with van der Waals surface area (Å²) in [5.74, 6) is 0.630. The van der Waals surface area contributed by atoms with Crippen molar-refractivity contribution in [1.29, 1.82) is 0 Å². The first-order valence-corrected chi connectivity index (χ1v) is 9.67. The Morgan fingerprint density at radius 1 is 1.11 bits per heavy atom. The summed E-state index contributed by atoms with van der Waals surface area (Å²) in [6.45, 7) is 3.42. The van der Waals surface area contributed by atoms with Gasteiger partial charge in [0.05, 0.1) is 12.1 Å². The fourth-order valence-electron chi connectivity index (χ4n) is 2.77. The number of nitrogens with zero attached hydrogens (tertiary/aromatic N) is 2. The number of ether oxygens (including phenoxy) is 1. The lowest BCUT2D eigenvalue weighted by molar-refractivity contribution is 0.412. The van der Waals surface area contributed by atoms with E-state index in [9.17, 15) is 0 Å². The normalized spacial score (nSPS) is 10.4. The third-order valence-electron chi connectivity index (χ3n) is 4.28. The van der Waals surface area contributed by atoms with E-state index in [0.717, 1.165) is 11.3 Å². The van der Waals surface area contributed by atoms with Crippen molar-refractivity contribution >= 4 is 34.6 Å². The third kappa shape index (κ3) is 5.44. The number of anilines is 1. The molecule has 0 aliphatic heterocycles. The average Bonchev–Trinajstić information content (AvgIpc) is 2.70. The molecule has 0 spiro atoms. The van der Waals surface area contributed by atoms with Gasteiger partial charge in [-0.15, -0.1) is 0 Å². The number of benzene rings is 2. The molecule has 0 saturated heterocycles. The molecule has 1 aromatic heterocycles. The number of aromatic nitrogens is 1. The van der Waals surface area contributed by atoms with Crippen LogP contribution >= 0.6 is 23.8 Å². The van der Waals surface area contributed by atoms with E-state index in [0.29, 0.717) is 29.0 Å². The van der Waals surface area contributed by atoms with E-state index in [-0.39, 0.29) is 0 Å². The Bertz CT molecular complexity index is 932. The maximum absolute atomic E-state index is 6.24. The van der Waals surface area contributed by atoms with Crippen LogP contribution in [0.1, 0.15) is 16.7 Å². The minimum absolute atomic E-state index is 0.535. The lowest BCUT2D eigenvalue weighted by atomic mass is 10.1. The third-order valence-corrected chi connectivity index (χ3v) is 4.94. The number of methoxy groups -OCH3 is 1. The second kappa shape index (κ2) is 9.53. The van der Waals surface area contributed by atoms with Gasteiger partial charge in [-0.3, -0.25) is 4.98 Å². The minimum Gasteiger partial charge on any atom is -0.495 e. The van der Waals surface area contributed by atoms with Gasteiger partial charge in [0.25, 0.3) is 0 Å². The van der Waals surface area contributed by atoms with Crippen molar-refractivity contribution in [2.24, 2.45) is 0 Å². The van der Waals surface area contributed by atoms with Crippen molar-refractivity contribution in [3.63, 3.8) is 0 Å². The lowest BCUT2D eigenvalue weighted by Crippen LogP contribution is -2.33. The Balaban J connectivity index is 1.79. The van der Waals surface area contributed by atoms with Crippen molar-refractivity contribution < 1.29 is 4.74 Å². The zero-order valence-electron chi connectivity index (χ0n) is 15.9. The summed E-state index contributed by atoms with van der Waals surface area (Å²) >= 11 is 11.9. The van der Waals surface area contributed by atoms with Crippen molar-refractivity contribution in [3.05, 3.63) is 88.7 Å². The first-order valence-electron chi connectivity index (χ1n) is 8.89. The summed E-state index contributed by atoms with van der Waals surface area (Å²) in [6, 6.07) is 18.0. The molecule has 144 valence electrons. The molecule has 0 aliphatic carbocycles. The van der Waals surface area contributed by atoms with Crippen LogP contribution in [-0.2, 0) is 13.1 Å². The van der Waals surface area contributed by atoms with E-state index in [2.05, 4.69) is 46.4 Å². The van der Waals surface area contributed by atoms with E-state index < -0.39 is 0 Å². The highest BCUT2D eigenvalue weighted by Crippen LogP contribution is 2.27. The summed E-state index contributed by atoms with van der Waals surface area (Å²) in [6.07, 6.45) is 3.62. The van der Waals surface area contributed by atoms with Crippen LogP contribution in [0.25, 0.3) is 0 Å². The van der Waals surface area contributed by atoms with E-state index in [1.165, 1.54) is 11.1 Å². The quantitative estimate of drug-likeness (QED) is 0.546. The summed E-state index contributed by atoms with van der Waals surface area (Å²) in [7, 11) is 1.59. The Kier molecular flexibility index (Phi) is 6.85. The molecule has 0 saturated carbocycles. The predicted molar refractivity (Wildman–Crippen MR) is 119 cm³/mol. The monoisotopic (exact) mass is 411 g/mol. The summed E-state index contributed by atoms with van der Waals surface area (Å²) < 4.78 is 5.21. The highest BCUT2D eigenvalue weighted by molar-refractivity contribution is 7.80. The van der Waals surface area contributed by atoms with Crippen molar-refractivity contribution in [1.82, 2.24) is 9.88 Å². The topological polar surface area (TPSA) is 37.4 Å². The molecule has 28 heavy (non-hydrogen) atoms. The number of halogens is 1. The Morgan fingerprint density at radius 2 is 1.86 bits per heavy atom. The smallest absolute Gasteiger partial charge is 0.174 e. The molecule has 1 heterocycles. The molecular weight excluding hydrogens is 390 g/mol.